The van der Waals surface area contributed by atoms with E-state index in [0.717, 1.165) is 6.54 Å². The number of morpholine rings is 1. The Morgan fingerprint density at radius 3 is 3.00 bits per heavy atom. The zero-order valence-electron chi connectivity index (χ0n) is 12.3. The van der Waals surface area contributed by atoms with E-state index in [1.807, 2.05) is 4.90 Å². The zero-order valence-corrected chi connectivity index (χ0v) is 12.3. The molecular weight excluding hydrogens is 273 g/mol. The second kappa shape index (κ2) is 7.49. The van der Waals surface area contributed by atoms with Gasteiger partial charge in [0.2, 0.25) is 5.91 Å². The highest BCUT2D eigenvalue weighted by Crippen LogP contribution is 2.10. The molecule has 1 aliphatic rings. The zero-order chi connectivity index (χ0) is 15.2. The van der Waals surface area contributed by atoms with E-state index >= 15 is 0 Å². The summed E-state index contributed by atoms with van der Waals surface area (Å²) < 4.78 is 19.1. The molecule has 0 saturated carbocycles. The minimum absolute atomic E-state index is 0.0107. The SMILES string of the molecule is CN(Cc1ccccc1F)C(=O)CN1CCOC(CN)C1. The molecule has 5 nitrogen and oxygen atoms in total. The van der Waals surface area contributed by atoms with Crippen LogP contribution in [0.25, 0.3) is 0 Å². The van der Waals surface area contributed by atoms with Gasteiger partial charge in [-0.25, -0.2) is 4.39 Å². The first-order valence-electron chi connectivity index (χ1n) is 7.11. The van der Waals surface area contributed by atoms with Crippen molar-refractivity contribution >= 4 is 5.91 Å². The quantitative estimate of drug-likeness (QED) is 0.856. The molecule has 1 amide bonds. The van der Waals surface area contributed by atoms with E-state index in [1.54, 1.807) is 30.1 Å². The third-order valence-electron chi connectivity index (χ3n) is 3.64. The van der Waals surface area contributed by atoms with E-state index in [4.69, 9.17) is 10.5 Å². The molecule has 1 atom stereocenters. The highest BCUT2D eigenvalue weighted by Gasteiger charge is 2.22. The van der Waals surface area contributed by atoms with Crippen LogP contribution < -0.4 is 5.73 Å². The lowest BCUT2D eigenvalue weighted by molar-refractivity contribution is -0.133. The first kappa shape index (κ1) is 15.9. The van der Waals surface area contributed by atoms with Crippen molar-refractivity contribution in [2.45, 2.75) is 12.6 Å². The maximum absolute atomic E-state index is 13.6. The Kier molecular flexibility index (Phi) is 5.67. The molecule has 0 aromatic heterocycles. The maximum atomic E-state index is 13.6. The van der Waals surface area contributed by atoms with Crippen LogP contribution in [-0.4, -0.2) is 61.6 Å². The Hall–Kier alpha value is -1.50. The second-order valence-electron chi connectivity index (χ2n) is 5.30. The number of nitrogens with two attached hydrogens (primary N) is 1. The van der Waals surface area contributed by atoms with Crippen molar-refractivity contribution < 1.29 is 13.9 Å². The predicted molar refractivity (Wildman–Crippen MR) is 78.1 cm³/mol. The van der Waals surface area contributed by atoms with Gasteiger partial charge < -0.3 is 15.4 Å². The Labute approximate surface area is 124 Å². The third-order valence-corrected chi connectivity index (χ3v) is 3.64. The summed E-state index contributed by atoms with van der Waals surface area (Å²) in [7, 11) is 1.69. The number of benzene rings is 1. The van der Waals surface area contributed by atoms with Gasteiger partial charge in [-0.15, -0.1) is 0 Å². The van der Waals surface area contributed by atoms with E-state index in [1.165, 1.54) is 6.07 Å². The fourth-order valence-corrected chi connectivity index (χ4v) is 2.35. The summed E-state index contributed by atoms with van der Waals surface area (Å²) in [6, 6.07) is 6.51. The highest BCUT2D eigenvalue weighted by atomic mass is 19.1. The summed E-state index contributed by atoms with van der Waals surface area (Å²) in [4.78, 5) is 15.8. The maximum Gasteiger partial charge on any atom is 0.236 e. The third kappa shape index (κ3) is 4.49. The van der Waals surface area contributed by atoms with Gasteiger partial charge in [0.05, 0.1) is 19.3 Å². The van der Waals surface area contributed by atoms with Gasteiger partial charge in [0.25, 0.3) is 0 Å². The molecule has 2 rings (SSSR count). The minimum Gasteiger partial charge on any atom is -0.374 e. The summed E-state index contributed by atoms with van der Waals surface area (Å²) in [5.74, 6) is -0.317. The molecular formula is C15H22FN3O2. The molecule has 0 bridgehead atoms. The molecule has 6 heteroatoms. The summed E-state index contributed by atoms with van der Waals surface area (Å²) in [5, 5.41) is 0. The van der Waals surface area contributed by atoms with Gasteiger partial charge in [-0.05, 0) is 6.07 Å². The predicted octanol–water partition coefficient (Wildman–Crippen LogP) is 0.444. The number of halogens is 1. The van der Waals surface area contributed by atoms with E-state index < -0.39 is 0 Å². The van der Waals surface area contributed by atoms with Gasteiger partial charge in [0.1, 0.15) is 5.82 Å². The van der Waals surface area contributed by atoms with Crippen LogP contribution in [0.5, 0.6) is 0 Å². The molecule has 0 spiro atoms. The molecule has 1 aromatic rings. The largest absolute Gasteiger partial charge is 0.374 e. The van der Waals surface area contributed by atoms with E-state index in [2.05, 4.69) is 0 Å². The molecule has 1 saturated heterocycles. The molecule has 1 fully saturated rings. The van der Waals surface area contributed by atoms with Crippen molar-refractivity contribution in [2.75, 3.05) is 39.8 Å². The summed E-state index contributed by atoms with van der Waals surface area (Å²) in [6.45, 7) is 3.01. The number of likely N-dealkylation sites (N-methyl/N-ethyl adjacent to an activating group) is 1. The van der Waals surface area contributed by atoms with Crippen molar-refractivity contribution in [3.8, 4) is 0 Å². The molecule has 1 unspecified atom stereocenters. The lowest BCUT2D eigenvalue weighted by atomic mass is 10.2. The molecule has 2 N–H and O–H groups in total. The van der Waals surface area contributed by atoms with Crippen LogP contribution in [0.4, 0.5) is 4.39 Å². The van der Waals surface area contributed by atoms with Crippen molar-refractivity contribution in [2.24, 2.45) is 5.73 Å². The molecule has 1 aromatic carbocycles. The van der Waals surface area contributed by atoms with Crippen molar-refractivity contribution in [1.82, 2.24) is 9.80 Å². The monoisotopic (exact) mass is 295 g/mol. The average molecular weight is 295 g/mol. The standard InChI is InChI=1S/C15H22FN3O2/c1-18(9-12-4-2-3-5-14(12)16)15(20)11-19-6-7-21-13(8-17)10-19/h2-5,13H,6-11,17H2,1H3. The number of amides is 1. The minimum atomic E-state index is -0.285. The average Bonchev–Trinajstić information content (AvgIpc) is 2.49. The normalized spacial score (nSPS) is 19.5. The van der Waals surface area contributed by atoms with E-state index in [-0.39, 0.29) is 24.4 Å². The molecule has 0 radical (unpaired) electrons. The summed E-state index contributed by atoms with van der Waals surface area (Å²) in [5.41, 5.74) is 6.11. The van der Waals surface area contributed by atoms with Crippen molar-refractivity contribution in [3.05, 3.63) is 35.6 Å². The number of rotatable bonds is 5. The number of hydrogen-bond donors (Lipinski definition) is 1. The van der Waals surface area contributed by atoms with Crippen LogP contribution in [0, 0.1) is 5.82 Å². The van der Waals surface area contributed by atoms with E-state index in [9.17, 15) is 9.18 Å². The highest BCUT2D eigenvalue weighted by molar-refractivity contribution is 5.78. The van der Waals surface area contributed by atoms with Crippen molar-refractivity contribution in [3.63, 3.8) is 0 Å². The van der Waals surface area contributed by atoms with Crippen LogP contribution in [0.3, 0.4) is 0 Å². The first-order chi connectivity index (χ1) is 10.1. The number of ether oxygens (including phenoxy) is 1. The number of carbonyl (C=O) groups is 1. The fourth-order valence-electron chi connectivity index (χ4n) is 2.35. The van der Waals surface area contributed by atoms with Gasteiger partial charge in [0, 0.05) is 38.8 Å². The molecule has 116 valence electrons. The van der Waals surface area contributed by atoms with Gasteiger partial charge >= 0.3 is 0 Å². The van der Waals surface area contributed by atoms with Crippen LogP contribution in [0.1, 0.15) is 5.56 Å². The van der Waals surface area contributed by atoms with Gasteiger partial charge in [0.15, 0.2) is 0 Å². The lowest BCUT2D eigenvalue weighted by Gasteiger charge is -2.32. The fraction of sp³-hybridized carbons (Fsp3) is 0.533. The molecule has 21 heavy (non-hydrogen) atoms. The first-order valence-corrected chi connectivity index (χ1v) is 7.11. The summed E-state index contributed by atoms with van der Waals surface area (Å²) >= 11 is 0. The van der Waals surface area contributed by atoms with Crippen LogP contribution in [0.2, 0.25) is 0 Å². The Balaban J connectivity index is 1.86. The van der Waals surface area contributed by atoms with Crippen LogP contribution in [0.15, 0.2) is 24.3 Å². The van der Waals surface area contributed by atoms with E-state index in [0.29, 0.717) is 31.8 Å². The molecule has 1 aliphatic heterocycles. The number of hydrogen-bond acceptors (Lipinski definition) is 4. The van der Waals surface area contributed by atoms with Gasteiger partial charge in [-0.2, -0.15) is 0 Å². The van der Waals surface area contributed by atoms with Crippen molar-refractivity contribution in [1.29, 1.82) is 0 Å². The smallest absolute Gasteiger partial charge is 0.236 e. The summed E-state index contributed by atoms with van der Waals surface area (Å²) in [6.07, 6.45) is -0.0107. The number of nitrogens with zero attached hydrogens (tertiary/aromatic N) is 2. The van der Waals surface area contributed by atoms with Crippen LogP contribution >= 0.6 is 0 Å². The molecule has 1 heterocycles. The lowest BCUT2D eigenvalue weighted by Crippen LogP contribution is -2.49. The Morgan fingerprint density at radius 1 is 1.52 bits per heavy atom. The molecule has 0 aliphatic carbocycles. The van der Waals surface area contributed by atoms with Crippen LogP contribution in [-0.2, 0) is 16.1 Å². The topological polar surface area (TPSA) is 58.8 Å². The Bertz CT molecular complexity index is 484. The van der Waals surface area contributed by atoms with Gasteiger partial charge in [-0.1, -0.05) is 18.2 Å². The second-order valence-corrected chi connectivity index (χ2v) is 5.30. The Morgan fingerprint density at radius 2 is 2.29 bits per heavy atom. The number of carbonyl (C=O) groups excluding carboxylic acids is 1. The van der Waals surface area contributed by atoms with Gasteiger partial charge in [-0.3, -0.25) is 9.69 Å².